The summed E-state index contributed by atoms with van der Waals surface area (Å²) in [6.45, 7) is 0. The van der Waals surface area contributed by atoms with Crippen LogP contribution in [0.1, 0.15) is 17.7 Å². The van der Waals surface area contributed by atoms with Gasteiger partial charge in [-0.15, -0.1) is 11.3 Å². The SMILES string of the molecule is Cn1cc2cc(-c3ccc4cc(CC5CC(C(F)(F)F)C5)sc4n3)cnc2n1. The molecule has 8 heteroatoms. The smallest absolute Gasteiger partial charge is 0.273 e. The Kier molecular flexibility index (Phi) is 3.94. The Bertz CT molecular complexity index is 1170. The molecule has 0 unspecified atom stereocenters. The minimum absolute atomic E-state index is 0.122. The van der Waals surface area contributed by atoms with Crippen LogP contribution < -0.4 is 0 Å². The van der Waals surface area contributed by atoms with Gasteiger partial charge in [-0.1, -0.05) is 0 Å². The van der Waals surface area contributed by atoms with E-state index in [-0.39, 0.29) is 18.8 Å². The highest BCUT2D eigenvalue weighted by Gasteiger charge is 2.47. The summed E-state index contributed by atoms with van der Waals surface area (Å²) >= 11 is 1.57. The maximum absolute atomic E-state index is 12.7. The van der Waals surface area contributed by atoms with Gasteiger partial charge in [-0.25, -0.2) is 9.97 Å². The number of hydrogen-bond acceptors (Lipinski definition) is 4. The lowest BCUT2D eigenvalue weighted by Crippen LogP contribution is -2.36. The number of nitrogens with zero attached hydrogens (tertiary/aromatic N) is 4. The van der Waals surface area contributed by atoms with Crippen LogP contribution in [0.3, 0.4) is 0 Å². The highest BCUT2D eigenvalue weighted by atomic mass is 32.1. The summed E-state index contributed by atoms with van der Waals surface area (Å²) in [5.41, 5.74) is 2.45. The molecule has 0 aromatic carbocycles. The Morgan fingerprint density at radius 1 is 1.18 bits per heavy atom. The molecule has 5 rings (SSSR count). The van der Waals surface area contributed by atoms with E-state index in [1.165, 1.54) is 0 Å². The molecule has 4 heterocycles. The van der Waals surface area contributed by atoms with Crippen molar-refractivity contribution in [2.24, 2.45) is 18.9 Å². The molecular formula is C20H17F3N4S. The Balaban J connectivity index is 1.37. The lowest BCUT2D eigenvalue weighted by molar-refractivity contribution is -0.204. The van der Waals surface area contributed by atoms with E-state index in [2.05, 4.69) is 16.1 Å². The second-order valence-corrected chi connectivity index (χ2v) is 8.64. The standard InChI is InChI=1S/C20H17F3N4S/c1-27-10-14-7-13(9-24-18(14)26-27)17-3-2-12-8-16(28-19(12)25-17)6-11-4-15(5-11)20(21,22)23/h2-3,7-11,15H,4-6H2,1H3. The summed E-state index contributed by atoms with van der Waals surface area (Å²) in [6.07, 6.45) is 0.827. The normalized spacial score (nSPS) is 20.0. The predicted octanol–water partition coefficient (Wildman–Crippen LogP) is 5.38. The van der Waals surface area contributed by atoms with E-state index in [0.717, 1.165) is 31.7 Å². The second kappa shape index (κ2) is 6.27. The van der Waals surface area contributed by atoms with Gasteiger partial charge >= 0.3 is 6.18 Å². The van der Waals surface area contributed by atoms with Crippen molar-refractivity contribution < 1.29 is 13.2 Å². The molecule has 144 valence electrons. The molecule has 0 N–H and O–H groups in total. The second-order valence-electron chi connectivity index (χ2n) is 7.52. The van der Waals surface area contributed by atoms with Crippen LogP contribution in [0.25, 0.3) is 32.5 Å². The highest BCUT2D eigenvalue weighted by Crippen LogP contribution is 2.46. The molecule has 0 aliphatic heterocycles. The average Bonchev–Trinajstić information content (AvgIpc) is 3.16. The summed E-state index contributed by atoms with van der Waals surface area (Å²) in [7, 11) is 1.86. The van der Waals surface area contributed by atoms with Crippen LogP contribution in [0.4, 0.5) is 13.2 Å². The van der Waals surface area contributed by atoms with Crippen LogP contribution in [-0.4, -0.2) is 25.9 Å². The van der Waals surface area contributed by atoms with E-state index in [4.69, 9.17) is 4.98 Å². The fraction of sp³-hybridized carbons (Fsp3) is 0.350. The predicted molar refractivity (Wildman–Crippen MR) is 103 cm³/mol. The number of pyridine rings is 2. The van der Waals surface area contributed by atoms with Crippen LogP contribution in [0.15, 0.2) is 36.7 Å². The number of thiophene rings is 1. The fourth-order valence-corrected chi connectivity index (χ4v) is 5.00. The first-order chi connectivity index (χ1) is 13.3. The van der Waals surface area contributed by atoms with Crippen molar-refractivity contribution in [3.63, 3.8) is 0 Å². The summed E-state index contributed by atoms with van der Waals surface area (Å²) in [5.74, 6) is -0.997. The van der Waals surface area contributed by atoms with Crippen LogP contribution in [0.5, 0.6) is 0 Å². The summed E-state index contributed by atoms with van der Waals surface area (Å²) in [6, 6.07) is 8.05. The van der Waals surface area contributed by atoms with Crippen molar-refractivity contribution in [2.75, 3.05) is 0 Å². The molecule has 0 atom stereocenters. The maximum atomic E-state index is 12.7. The zero-order valence-electron chi connectivity index (χ0n) is 15.1. The first-order valence-electron chi connectivity index (χ1n) is 9.11. The third-order valence-corrected chi connectivity index (χ3v) is 6.46. The third kappa shape index (κ3) is 3.15. The molecule has 0 saturated heterocycles. The zero-order valence-corrected chi connectivity index (χ0v) is 15.9. The number of hydrogen-bond donors (Lipinski definition) is 0. The first kappa shape index (κ1) is 17.6. The van der Waals surface area contributed by atoms with E-state index in [1.807, 2.05) is 31.4 Å². The number of aromatic nitrogens is 4. The van der Waals surface area contributed by atoms with Crippen molar-refractivity contribution in [2.45, 2.75) is 25.4 Å². The molecule has 1 saturated carbocycles. The lowest BCUT2D eigenvalue weighted by Gasteiger charge is -2.36. The van der Waals surface area contributed by atoms with Gasteiger partial charge in [-0.2, -0.15) is 18.3 Å². The molecule has 4 aromatic rings. The molecule has 0 radical (unpaired) electrons. The average molecular weight is 402 g/mol. The van der Waals surface area contributed by atoms with Crippen LogP contribution in [-0.2, 0) is 13.5 Å². The number of fused-ring (bicyclic) bond motifs is 2. The highest BCUT2D eigenvalue weighted by molar-refractivity contribution is 7.18. The number of halogens is 3. The van der Waals surface area contributed by atoms with Gasteiger partial charge in [0, 0.05) is 40.7 Å². The molecule has 4 nitrogen and oxygen atoms in total. The number of aryl methyl sites for hydroxylation is 1. The Hall–Kier alpha value is -2.48. The van der Waals surface area contributed by atoms with E-state index in [9.17, 15) is 13.2 Å². The van der Waals surface area contributed by atoms with Gasteiger partial charge in [0.2, 0.25) is 0 Å². The molecule has 0 spiro atoms. The monoisotopic (exact) mass is 402 g/mol. The quantitative estimate of drug-likeness (QED) is 0.462. The van der Waals surface area contributed by atoms with E-state index in [0.29, 0.717) is 12.1 Å². The van der Waals surface area contributed by atoms with Crippen LogP contribution in [0, 0.1) is 11.8 Å². The topological polar surface area (TPSA) is 43.6 Å². The van der Waals surface area contributed by atoms with E-state index < -0.39 is 12.1 Å². The zero-order chi connectivity index (χ0) is 19.5. The van der Waals surface area contributed by atoms with E-state index in [1.54, 1.807) is 22.2 Å². The molecule has 4 aromatic heterocycles. The van der Waals surface area contributed by atoms with Gasteiger partial charge in [-0.05, 0) is 49.4 Å². The molecule has 0 bridgehead atoms. The largest absolute Gasteiger partial charge is 0.391 e. The Labute approximate surface area is 163 Å². The van der Waals surface area contributed by atoms with Crippen LogP contribution in [0.2, 0.25) is 0 Å². The van der Waals surface area contributed by atoms with Crippen molar-refractivity contribution in [1.29, 1.82) is 0 Å². The summed E-state index contributed by atoms with van der Waals surface area (Å²) in [4.78, 5) is 11.2. The van der Waals surface area contributed by atoms with Gasteiger partial charge in [0.15, 0.2) is 5.65 Å². The van der Waals surface area contributed by atoms with Crippen molar-refractivity contribution >= 4 is 32.6 Å². The number of alkyl halides is 3. The van der Waals surface area contributed by atoms with Gasteiger partial charge in [0.25, 0.3) is 0 Å². The van der Waals surface area contributed by atoms with Crippen molar-refractivity contribution in [3.05, 3.63) is 41.5 Å². The number of rotatable bonds is 3. The van der Waals surface area contributed by atoms with Gasteiger partial charge in [0.05, 0.1) is 11.6 Å². The minimum atomic E-state index is -4.05. The third-order valence-electron chi connectivity index (χ3n) is 5.39. The van der Waals surface area contributed by atoms with Crippen molar-refractivity contribution in [3.8, 4) is 11.3 Å². The fourth-order valence-electron chi connectivity index (χ4n) is 3.86. The molecule has 0 amide bonds. The molecule has 1 aliphatic rings. The molecule has 1 aliphatic carbocycles. The van der Waals surface area contributed by atoms with Gasteiger partial charge in [-0.3, -0.25) is 4.68 Å². The molecule has 28 heavy (non-hydrogen) atoms. The lowest BCUT2D eigenvalue weighted by atomic mass is 9.72. The summed E-state index contributed by atoms with van der Waals surface area (Å²) < 4.78 is 39.7. The minimum Gasteiger partial charge on any atom is -0.273 e. The maximum Gasteiger partial charge on any atom is 0.391 e. The Morgan fingerprint density at radius 3 is 2.79 bits per heavy atom. The van der Waals surface area contributed by atoms with Crippen molar-refractivity contribution in [1.82, 2.24) is 19.7 Å². The van der Waals surface area contributed by atoms with Crippen LogP contribution >= 0.6 is 11.3 Å². The Morgan fingerprint density at radius 2 is 2.00 bits per heavy atom. The summed E-state index contributed by atoms with van der Waals surface area (Å²) in [5, 5.41) is 6.27. The molecular weight excluding hydrogens is 385 g/mol. The molecule has 1 fully saturated rings. The van der Waals surface area contributed by atoms with E-state index >= 15 is 0 Å². The first-order valence-corrected chi connectivity index (χ1v) is 9.93. The van der Waals surface area contributed by atoms with Gasteiger partial charge in [0.1, 0.15) is 4.83 Å². The van der Waals surface area contributed by atoms with Gasteiger partial charge < -0.3 is 0 Å².